The lowest BCUT2D eigenvalue weighted by atomic mass is 10.0. The predicted molar refractivity (Wildman–Crippen MR) is 56.1 cm³/mol. The number of amides is 1. The number of rotatable bonds is 3. The van der Waals surface area contributed by atoms with Crippen molar-refractivity contribution in [2.75, 3.05) is 13.1 Å². The molecule has 80 valence electrons. The highest BCUT2D eigenvalue weighted by atomic mass is 16.2. The van der Waals surface area contributed by atoms with Crippen LogP contribution in [0.15, 0.2) is 0 Å². The van der Waals surface area contributed by atoms with Crippen LogP contribution in [0.5, 0.6) is 0 Å². The predicted octanol–water partition coefficient (Wildman–Crippen LogP) is 1.14. The van der Waals surface area contributed by atoms with E-state index in [1.807, 2.05) is 0 Å². The van der Waals surface area contributed by atoms with Crippen LogP contribution in [0, 0.1) is 0 Å². The molecule has 0 radical (unpaired) electrons. The molecule has 1 saturated carbocycles. The topological polar surface area (TPSA) is 32.3 Å². The van der Waals surface area contributed by atoms with E-state index in [-0.39, 0.29) is 6.04 Å². The molecule has 0 aromatic carbocycles. The van der Waals surface area contributed by atoms with Gasteiger partial charge in [0.1, 0.15) is 0 Å². The minimum absolute atomic E-state index is 0.115. The average Bonchev–Trinajstić information content (AvgIpc) is 3.04. The lowest BCUT2D eigenvalue weighted by Crippen LogP contribution is -2.49. The van der Waals surface area contributed by atoms with Crippen LogP contribution in [0.1, 0.15) is 39.0 Å². The van der Waals surface area contributed by atoms with E-state index in [1.54, 1.807) is 0 Å². The number of piperidine rings is 1. The van der Waals surface area contributed by atoms with Crippen molar-refractivity contribution >= 4 is 5.91 Å². The van der Waals surface area contributed by atoms with Gasteiger partial charge in [-0.1, -0.05) is 6.42 Å². The van der Waals surface area contributed by atoms with Crippen LogP contribution in [0.25, 0.3) is 0 Å². The molecule has 2 fully saturated rings. The Balaban J connectivity index is 1.90. The van der Waals surface area contributed by atoms with Gasteiger partial charge in [-0.05, 0) is 39.2 Å². The Labute approximate surface area is 85.8 Å². The maximum absolute atomic E-state index is 12.1. The summed E-state index contributed by atoms with van der Waals surface area (Å²) in [6.45, 7) is 3.97. The third-order valence-electron chi connectivity index (χ3n) is 3.22. The molecule has 1 amide bonds. The second-order valence-electron chi connectivity index (χ2n) is 4.36. The number of carbonyl (C=O) groups is 1. The first-order valence-electron chi connectivity index (χ1n) is 5.86. The van der Waals surface area contributed by atoms with E-state index in [2.05, 4.69) is 17.1 Å². The molecule has 0 spiro atoms. The first kappa shape index (κ1) is 9.97. The van der Waals surface area contributed by atoms with E-state index in [0.717, 1.165) is 19.5 Å². The summed E-state index contributed by atoms with van der Waals surface area (Å²) >= 11 is 0. The Kier molecular flexibility index (Phi) is 3.06. The summed E-state index contributed by atoms with van der Waals surface area (Å²) in [6, 6.07) is 0.681. The van der Waals surface area contributed by atoms with Crippen LogP contribution in [0.3, 0.4) is 0 Å². The van der Waals surface area contributed by atoms with Gasteiger partial charge in [0, 0.05) is 12.6 Å². The first-order chi connectivity index (χ1) is 6.83. The molecule has 1 heterocycles. The molecule has 1 aliphatic carbocycles. The van der Waals surface area contributed by atoms with Gasteiger partial charge < -0.3 is 10.2 Å². The van der Waals surface area contributed by atoms with Crippen molar-refractivity contribution in [3.63, 3.8) is 0 Å². The third-order valence-corrected chi connectivity index (χ3v) is 3.22. The van der Waals surface area contributed by atoms with E-state index in [9.17, 15) is 4.79 Å². The summed E-state index contributed by atoms with van der Waals surface area (Å²) in [5.41, 5.74) is 0. The monoisotopic (exact) mass is 196 g/mol. The van der Waals surface area contributed by atoms with Gasteiger partial charge in [-0.15, -0.1) is 0 Å². The van der Waals surface area contributed by atoms with Crippen molar-refractivity contribution < 1.29 is 4.79 Å². The molecule has 14 heavy (non-hydrogen) atoms. The molecule has 1 unspecified atom stereocenters. The third kappa shape index (κ3) is 2.08. The second kappa shape index (κ2) is 4.30. The highest BCUT2D eigenvalue weighted by Crippen LogP contribution is 2.27. The second-order valence-corrected chi connectivity index (χ2v) is 4.36. The fourth-order valence-corrected chi connectivity index (χ4v) is 2.24. The van der Waals surface area contributed by atoms with Crippen molar-refractivity contribution in [2.24, 2.45) is 0 Å². The zero-order chi connectivity index (χ0) is 9.97. The molecule has 1 N–H and O–H groups in total. The fourth-order valence-electron chi connectivity index (χ4n) is 2.24. The van der Waals surface area contributed by atoms with Crippen molar-refractivity contribution in [2.45, 2.75) is 51.1 Å². The van der Waals surface area contributed by atoms with Crippen LogP contribution < -0.4 is 5.32 Å². The van der Waals surface area contributed by atoms with Crippen molar-refractivity contribution in [3.8, 4) is 0 Å². The molecule has 2 aliphatic rings. The van der Waals surface area contributed by atoms with Gasteiger partial charge in [-0.2, -0.15) is 0 Å². The number of nitrogens with zero attached hydrogens (tertiary/aromatic N) is 1. The SMILES string of the molecule is CCN(C(=O)C1CCCCN1)C1CC1. The summed E-state index contributed by atoms with van der Waals surface area (Å²) in [5, 5.41) is 3.33. The van der Waals surface area contributed by atoms with Gasteiger partial charge in [0.05, 0.1) is 6.04 Å². The number of hydrogen-bond donors (Lipinski definition) is 1. The molecule has 1 atom stereocenters. The average molecular weight is 196 g/mol. The number of carbonyl (C=O) groups excluding carboxylic acids is 1. The standard InChI is InChI=1S/C11H20N2O/c1-2-13(9-6-7-9)11(14)10-5-3-4-8-12-10/h9-10,12H,2-8H2,1H3. The van der Waals surface area contributed by atoms with Crippen molar-refractivity contribution in [3.05, 3.63) is 0 Å². The van der Waals surface area contributed by atoms with Gasteiger partial charge in [0.2, 0.25) is 5.91 Å². The van der Waals surface area contributed by atoms with Crippen LogP contribution in [-0.2, 0) is 4.79 Å². The maximum atomic E-state index is 12.1. The molecule has 1 aliphatic heterocycles. The van der Waals surface area contributed by atoms with Gasteiger partial charge >= 0.3 is 0 Å². The molecule has 0 aromatic heterocycles. The zero-order valence-corrected chi connectivity index (χ0v) is 8.96. The smallest absolute Gasteiger partial charge is 0.239 e. The van der Waals surface area contributed by atoms with E-state index in [1.165, 1.54) is 25.7 Å². The Morgan fingerprint density at radius 3 is 2.64 bits per heavy atom. The molecule has 2 rings (SSSR count). The zero-order valence-electron chi connectivity index (χ0n) is 8.96. The lowest BCUT2D eigenvalue weighted by molar-refractivity contribution is -0.134. The molecule has 1 saturated heterocycles. The van der Waals surface area contributed by atoms with Crippen LogP contribution >= 0.6 is 0 Å². The van der Waals surface area contributed by atoms with Crippen molar-refractivity contribution in [1.82, 2.24) is 10.2 Å². The molecule has 3 heteroatoms. The quantitative estimate of drug-likeness (QED) is 0.734. The summed E-state index contributed by atoms with van der Waals surface area (Å²) in [6.07, 6.45) is 5.88. The Morgan fingerprint density at radius 2 is 2.14 bits per heavy atom. The molecular weight excluding hydrogens is 176 g/mol. The van der Waals surface area contributed by atoms with Crippen LogP contribution in [0.2, 0.25) is 0 Å². The Hall–Kier alpha value is -0.570. The summed E-state index contributed by atoms with van der Waals surface area (Å²) in [7, 11) is 0. The molecular formula is C11H20N2O. The first-order valence-corrected chi connectivity index (χ1v) is 5.86. The van der Waals surface area contributed by atoms with Crippen molar-refractivity contribution in [1.29, 1.82) is 0 Å². The molecule has 0 bridgehead atoms. The Bertz CT molecular complexity index is 207. The van der Waals surface area contributed by atoms with Gasteiger partial charge in [0.25, 0.3) is 0 Å². The normalized spacial score (nSPS) is 27.4. The number of likely N-dealkylation sites (N-methyl/N-ethyl adjacent to an activating group) is 1. The highest BCUT2D eigenvalue weighted by Gasteiger charge is 2.34. The van der Waals surface area contributed by atoms with Gasteiger partial charge in [0.15, 0.2) is 0 Å². The van der Waals surface area contributed by atoms with E-state index < -0.39 is 0 Å². The van der Waals surface area contributed by atoms with E-state index >= 15 is 0 Å². The lowest BCUT2D eigenvalue weighted by Gasteiger charge is -2.29. The van der Waals surface area contributed by atoms with Crippen LogP contribution in [0.4, 0.5) is 0 Å². The summed E-state index contributed by atoms with van der Waals surface area (Å²) < 4.78 is 0. The summed E-state index contributed by atoms with van der Waals surface area (Å²) in [5.74, 6) is 0.342. The molecule has 3 nitrogen and oxygen atoms in total. The number of hydrogen-bond acceptors (Lipinski definition) is 2. The van der Waals surface area contributed by atoms with E-state index in [4.69, 9.17) is 0 Å². The fraction of sp³-hybridized carbons (Fsp3) is 0.909. The summed E-state index contributed by atoms with van der Waals surface area (Å²) in [4.78, 5) is 14.1. The van der Waals surface area contributed by atoms with E-state index in [0.29, 0.717) is 11.9 Å². The number of nitrogens with one attached hydrogen (secondary N) is 1. The van der Waals surface area contributed by atoms with Gasteiger partial charge in [-0.25, -0.2) is 0 Å². The minimum atomic E-state index is 0.115. The maximum Gasteiger partial charge on any atom is 0.239 e. The largest absolute Gasteiger partial charge is 0.339 e. The minimum Gasteiger partial charge on any atom is -0.339 e. The van der Waals surface area contributed by atoms with Crippen LogP contribution in [-0.4, -0.2) is 36.0 Å². The van der Waals surface area contributed by atoms with Gasteiger partial charge in [-0.3, -0.25) is 4.79 Å². The molecule has 0 aromatic rings. The highest BCUT2D eigenvalue weighted by molar-refractivity contribution is 5.82. The Morgan fingerprint density at radius 1 is 1.36 bits per heavy atom.